The maximum atomic E-state index is 2.45. The third-order valence-electron chi connectivity index (χ3n) is 11.1. The second-order valence-electron chi connectivity index (χ2n) is 14.2. The van der Waals surface area contributed by atoms with E-state index in [0.717, 1.165) is 5.69 Å². The van der Waals surface area contributed by atoms with Gasteiger partial charge in [-0.15, -0.1) is 0 Å². The van der Waals surface area contributed by atoms with Gasteiger partial charge >= 0.3 is 0 Å². The molecule has 0 bridgehead atoms. The van der Waals surface area contributed by atoms with Crippen LogP contribution < -0.4 is 0 Å². The SMILES string of the molecule is c1ccc(-c2ccccc2-n2c3ccccc3c3ccc(-c4ccc5c6ccccc6n(-c6ccc(-c7ccc8ccccc8c7)cc6)c5c4)cc32)cc1. The largest absolute Gasteiger partial charge is 0.309 e. The molecule has 9 aromatic carbocycles. The summed E-state index contributed by atoms with van der Waals surface area (Å²) in [5.74, 6) is 0. The lowest BCUT2D eigenvalue weighted by Crippen LogP contribution is -1.97. The Morgan fingerprint density at radius 3 is 1.48 bits per heavy atom. The highest BCUT2D eigenvalue weighted by molar-refractivity contribution is 6.12. The zero-order valence-electron chi connectivity index (χ0n) is 29.5. The molecule has 2 heterocycles. The molecule has 0 amide bonds. The Morgan fingerprint density at radius 2 is 0.759 bits per heavy atom. The average molecular weight is 687 g/mol. The minimum atomic E-state index is 1.15. The van der Waals surface area contributed by atoms with Crippen LogP contribution in [0, 0.1) is 0 Å². The fraction of sp³-hybridized carbons (Fsp3) is 0. The lowest BCUT2D eigenvalue weighted by Gasteiger charge is -2.14. The van der Waals surface area contributed by atoms with Gasteiger partial charge in [-0.25, -0.2) is 0 Å². The molecule has 2 nitrogen and oxygen atoms in total. The summed E-state index contributed by atoms with van der Waals surface area (Å²) in [4.78, 5) is 0. The third-order valence-corrected chi connectivity index (χ3v) is 11.1. The van der Waals surface area contributed by atoms with Gasteiger partial charge in [-0.1, -0.05) is 158 Å². The first kappa shape index (κ1) is 30.5. The quantitative estimate of drug-likeness (QED) is 0.171. The van der Waals surface area contributed by atoms with E-state index >= 15 is 0 Å². The van der Waals surface area contributed by atoms with Crippen molar-refractivity contribution in [1.82, 2.24) is 9.13 Å². The summed E-state index contributed by atoms with van der Waals surface area (Å²) in [5.41, 5.74) is 14.4. The molecule has 0 aliphatic rings. The van der Waals surface area contributed by atoms with Crippen LogP contribution in [-0.2, 0) is 0 Å². The molecular formula is C52H34N2. The Labute approximate surface area is 313 Å². The third kappa shape index (κ3) is 4.81. The van der Waals surface area contributed by atoms with Crippen molar-refractivity contribution in [3.63, 3.8) is 0 Å². The Kier molecular flexibility index (Phi) is 6.90. The van der Waals surface area contributed by atoms with Crippen LogP contribution in [0.2, 0.25) is 0 Å². The molecule has 0 N–H and O–H groups in total. The van der Waals surface area contributed by atoms with Crippen LogP contribution in [0.15, 0.2) is 206 Å². The van der Waals surface area contributed by atoms with E-state index in [1.807, 2.05) is 0 Å². The molecule has 0 aliphatic carbocycles. The lowest BCUT2D eigenvalue weighted by atomic mass is 10.0. The van der Waals surface area contributed by atoms with E-state index in [1.165, 1.54) is 93.5 Å². The van der Waals surface area contributed by atoms with Crippen LogP contribution in [0.3, 0.4) is 0 Å². The van der Waals surface area contributed by atoms with Crippen LogP contribution in [-0.4, -0.2) is 9.13 Å². The molecule has 0 saturated carbocycles. The Hall–Kier alpha value is -7.16. The van der Waals surface area contributed by atoms with Gasteiger partial charge in [0.15, 0.2) is 0 Å². The fourth-order valence-electron chi connectivity index (χ4n) is 8.54. The van der Waals surface area contributed by atoms with Gasteiger partial charge in [-0.2, -0.15) is 0 Å². The zero-order valence-corrected chi connectivity index (χ0v) is 29.5. The van der Waals surface area contributed by atoms with Crippen molar-refractivity contribution >= 4 is 54.4 Å². The number of rotatable bonds is 5. The minimum absolute atomic E-state index is 1.15. The first-order chi connectivity index (χ1) is 26.8. The molecule has 11 aromatic rings. The standard InChI is InChI=1S/C52H34N2/c1-2-13-37(14-3-1)43-16-6-9-19-48(43)54-50-21-11-8-18-45(50)47-31-27-41(34-52(47)54)40-26-30-46-44-17-7-10-20-49(44)53(51(46)33-40)42-28-24-36(25-29-42)39-23-22-35-12-4-5-15-38(35)32-39/h1-34H. The number of nitrogens with zero attached hydrogens (tertiary/aromatic N) is 2. The molecule has 0 fully saturated rings. The predicted molar refractivity (Wildman–Crippen MR) is 229 cm³/mol. The summed E-state index contributed by atoms with van der Waals surface area (Å²) >= 11 is 0. The monoisotopic (exact) mass is 686 g/mol. The highest BCUT2D eigenvalue weighted by Crippen LogP contribution is 2.40. The van der Waals surface area contributed by atoms with Crippen molar-refractivity contribution in [2.75, 3.05) is 0 Å². The first-order valence-corrected chi connectivity index (χ1v) is 18.6. The number of para-hydroxylation sites is 3. The molecule has 0 atom stereocenters. The van der Waals surface area contributed by atoms with Crippen molar-refractivity contribution in [2.45, 2.75) is 0 Å². The van der Waals surface area contributed by atoms with Gasteiger partial charge in [0.25, 0.3) is 0 Å². The first-order valence-electron chi connectivity index (χ1n) is 18.6. The van der Waals surface area contributed by atoms with E-state index < -0.39 is 0 Å². The van der Waals surface area contributed by atoms with E-state index in [1.54, 1.807) is 0 Å². The van der Waals surface area contributed by atoms with Gasteiger partial charge in [-0.3, -0.25) is 0 Å². The Morgan fingerprint density at radius 1 is 0.259 bits per heavy atom. The van der Waals surface area contributed by atoms with E-state index in [4.69, 9.17) is 0 Å². The van der Waals surface area contributed by atoms with Crippen LogP contribution >= 0.6 is 0 Å². The van der Waals surface area contributed by atoms with Crippen molar-refractivity contribution in [1.29, 1.82) is 0 Å². The summed E-state index contributed by atoms with van der Waals surface area (Å²) in [6.07, 6.45) is 0. The number of aromatic nitrogens is 2. The molecular weight excluding hydrogens is 653 g/mol. The van der Waals surface area contributed by atoms with Crippen molar-refractivity contribution < 1.29 is 0 Å². The molecule has 0 spiro atoms. The van der Waals surface area contributed by atoms with E-state index in [0.29, 0.717) is 0 Å². The van der Waals surface area contributed by atoms with Crippen LogP contribution in [0.4, 0.5) is 0 Å². The molecule has 0 aliphatic heterocycles. The van der Waals surface area contributed by atoms with Gasteiger partial charge in [0, 0.05) is 32.8 Å². The molecule has 2 aromatic heterocycles. The summed E-state index contributed by atoms with van der Waals surface area (Å²) < 4.78 is 4.87. The molecule has 54 heavy (non-hydrogen) atoms. The van der Waals surface area contributed by atoms with E-state index in [2.05, 4.69) is 215 Å². The second-order valence-corrected chi connectivity index (χ2v) is 14.2. The molecule has 252 valence electrons. The highest BCUT2D eigenvalue weighted by atomic mass is 15.0. The summed E-state index contributed by atoms with van der Waals surface area (Å²) in [6, 6.07) is 75.2. The molecule has 0 radical (unpaired) electrons. The van der Waals surface area contributed by atoms with Gasteiger partial charge in [0.05, 0.1) is 27.8 Å². The van der Waals surface area contributed by atoms with E-state index in [-0.39, 0.29) is 0 Å². The average Bonchev–Trinajstić information content (AvgIpc) is 3.76. The zero-order chi connectivity index (χ0) is 35.6. The second kappa shape index (κ2) is 12.2. The minimum Gasteiger partial charge on any atom is -0.309 e. The highest BCUT2D eigenvalue weighted by Gasteiger charge is 2.18. The molecule has 2 heteroatoms. The maximum absolute atomic E-state index is 2.45. The van der Waals surface area contributed by atoms with Crippen molar-refractivity contribution in [2.24, 2.45) is 0 Å². The van der Waals surface area contributed by atoms with Crippen LogP contribution in [0.1, 0.15) is 0 Å². The number of hydrogen-bond acceptors (Lipinski definition) is 0. The van der Waals surface area contributed by atoms with Crippen LogP contribution in [0.25, 0.3) is 99.1 Å². The van der Waals surface area contributed by atoms with Crippen molar-refractivity contribution in [3.8, 4) is 44.8 Å². The number of hydrogen-bond donors (Lipinski definition) is 0. The normalized spacial score (nSPS) is 11.7. The number of benzene rings is 9. The summed E-state index contributed by atoms with van der Waals surface area (Å²) in [5, 5.41) is 7.53. The van der Waals surface area contributed by atoms with Gasteiger partial charge < -0.3 is 9.13 Å². The summed E-state index contributed by atoms with van der Waals surface area (Å²) in [6.45, 7) is 0. The van der Waals surface area contributed by atoms with Gasteiger partial charge in [-0.05, 0) is 87.1 Å². The topological polar surface area (TPSA) is 9.86 Å². The Balaban J connectivity index is 1.07. The fourth-order valence-corrected chi connectivity index (χ4v) is 8.54. The smallest absolute Gasteiger partial charge is 0.0547 e. The Bertz CT molecular complexity index is 3200. The number of fused-ring (bicyclic) bond motifs is 7. The summed E-state index contributed by atoms with van der Waals surface area (Å²) in [7, 11) is 0. The van der Waals surface area contributed by atoms with Gasteiger partial charge in [0.2, 0.25) is 0 Å². The maximum Gasteiger partial charge on any atom is 0.0547 e. The predicted octanol–water partition coefficient (Wildman–Crippen LogP) is 14.0. The lowest BCUT2D eigenvalue weighted by molar-refractivity contribution is 1.18. The van der Waals surface area contributed by atoms with Crippen molar-refractivity contribution in [3.05, 3.63) is 206 Å². The molecule has 0 unspecified atom stereocenters. The van der Waals surface area contributed by atoms with E-state index in [9.17, 15) is 0 Å². The van der Waals surface area contributed by atoms with Gasteiger partial charge in [0.1, 0.15) is 0 Å². The molecule has 11 rings (SSSR count). The van der Waals surface area contributed by atoms with Crippen LogP contribution in [0.5, 0.6) is 0 Å². The molecule has 0 saturated heterocycles.